The minimum atomic E-state index is -0.613. The molecule has 0 bridgehead atoms. The van der Waals surface area contributed by atoms with E-state index in [0.29, 0.717) is 5.56 Å². The van der Waals surface area contributed by atoms with Gasteiger partial charge in [0.05, 0.1) is 17.5 Å². The lowest BCUT2D eigenvalue weighted by atomic mass is 10.2. The number of anilines is 1. The topological polar surface area (TPSA) is 68.3 Å². The van der Waals surface area contributed by atoms with Crippen molar-refractivity contribution < 1.29 is 13.6 Å². The lowest BCUT2D eigenvalue weighted by Crippen LogP contribution is -2.14. The molecule has 0 radical (unpaired) electrons. The SMILES string of the molecule is NC(=S)c1ccc(NC(=O)c2ccoc2Br)c(F)c1. The molecule has 0 aliphatic rings. The van der Waals surface area contributed by atoms with Gasteiger partial charge in [-0.2, -0.15) is 0 Å². The average Bonchev–Trinajstić information content (AvgIpc) is 2.77. The number of nitrogens with two attached hydrogens (primary N) is 1. The quantitative estimate of drug-likeness (QED) is 0.841. The maximum atomic E-state index is 13.7. The number of nitrogens with one attached hydrogen (secondary N) is 1. The van der Waals surface area contributed by atoms with Gasteiger partial charge in [-0.05, 0) is 40.2 Å². The lowest BCUT2D eigenvalue weighted by molar-refractivity contribution is 0.102. The summed E-state index contributed by atoms with van der Waals surface area (Å²) in [7, 11) is 0. The number of amides is 1. The summed E-state index contributed by atoms with van der Waals surface area (Å²) in [6.45, 7) is 0. The molecular weight excluding hydrogens is 335 g/mol. The Labute approximate surface area is 121 Å². The highest BCUT2D eigenvalue weighted by Gasteiger charge is 2.15. The fourth-order valence-corrected chi connectivity index (χ4v) is 1.96. The van der Waals surface area contributed by atoms with Crippen LogP contribution in [0.15, 0.2) is 39.6 Å². The zero-order valence-electron chi connectivity index (χ0n) is 9.44. The molecule has 0 spiro atoms. The molecule has 0 saturated heterocycles. The molecule has 1 heterocycles. The van der Waals surface area contributed by atoms with Gasteiger partial charge in [0.15, 0.2) is 4.67 Å². The predicted octanol–water partition coefficient (Wildman–Crippen LogP) is 3.07. The van der Waals surface area contributed by atoms with Crippen molar-refractivity contribution >= 4 is 44.7 Å². The van der Waals surface area contributed by atoms with Crippen molar-refractivity contribution in [2.24, 2.45) is 5.73 Å². The zero-order chi connectivity index (χ0) is 14.0. The standard InChI is InChI=1S/C12H8BrFN2O2S/c13-10-7(3-4-18-10)12(17)16-9-2-1-6(11(15)19)5-8(9)14/h1-5H,(H2,15,19)(H,16,17). The highest BCUT2D eigenvalue weighted by Crippen LogP contribution is 2.21. The second-order valence-electron chi connectivity index (χ2n) is 3.62. The van der Waals surface area contributed by atoms with Crippen molar-refractivity contribution in [3.63, 3.8) is 0 Å². The first-order valence-electron chi connectivity index (χ1n) is 5.12. The number of thiocarbonyl (C=S) groups is 1. The Hall–Kier alpha value is -1.73. The number of hydrogen-bond donors (Lipinski definition) is 2. The number of hydrogen-bond acceptors (Lipinski definition) is 3. The fourth-order valence-electron chi connectivity index (χ4n) is 1.42. The molecule has 19 heavy (non-hydrogen) atoms. The molecule has 4 nitrogen and oxygen atoms in total. The van der Waals surface area contributed by atoms with Crippen LogP contribution in [0.1, 0.15) is 15.9 Å². The second kappa shape index (κ2) is 5.50. The summed E-state index contributed by atoms with van der Waals surface area (Å²) in [5.74, 6) is -1.10. The van der Waals surface area contributed by atoms with Crippen LogP contribution < -0.4 is 11.1 Å². The van der Waals surface area contributed by atoms with Gasteiger partial charge in [0.1, 0.15) is 10.8 Å². The van der Waals surface area contributed by atoms with Crippen molar-refractivity contribution in [2.45, 2.75) is 0 Å². The van der Waals surface area contributed by atoms with Gasteiger partial charge < -0.3 is 15.5 Å². The molecule has 1 amide bonds. The molecule has 0 aliphatic carbocycles. The van der Waals surface area contributed by atoms with Crippen LogP contribution in [0.2, 0.25) is 0 Å². The summed E-state index contributed by atoms with van der Waals surface area (Å²) in [6, 6.07) is 5.57. The minimum Gasteiger partial charge on any atom is -0.457 e. The number of furan rings is 1. The van der Waals surface area contributed by atoms with Crippen LogP contribution in [0.25, 0.3) is 0 Å². The van der Waals surface area contributed by atoms with E-state index in [1.54, 1.807) is 0 Å². The van der Waals surface area contributed by atoms with Crippen molar-refractivity contribution in [3.8, 4) is 0 Å². The summed E-state index contributed by atoms with van der Waals surface area (Å²) in [4.78, 5) is 11.9. The molecule has 0 unspecified atom stereocenters. The Kier molecular flexibility index (Phi) is 3.96. The first kappa shape index (κ1) is 13.7. The molecule has 0 atom stereocenters. The van der Waals surface area contributed by atoms with Gasteiger partial charge in [-0.25, -0.2) is 4.39 Å². The van der Waals surface area contributed by atoms with E-state index in [1.165, 1.54) is 30.5 Å². The maximum Gasteiger partial charge on any atom is 0.260 e. The van der Waals surface area contributed by atoms with E-state index in [4.69, 9.17) is 22.4 Å². The molecule has 0 saturated carbocycles. The van der Waals surface area contributed by atoms with E-state index >= 15 is 0 Å². The van der Waals surface area contributed by atoms with Gasteiger partial charge in [-0.1, -0.05) is 12.2 Å². The third kappa shape index (κ3) is 2.99. The Morgan fingerprint density at radius 2 is 2.16 bits per heavy atom. The second-order valence-corrected chi connectivity index (χ2v) is 4.78. The Morgan fingerprint density at radius 1 is 1.42 bits per heavy atom. The first-order valence-corrected chi connectivity index (χ1v) is 6.33. The van der Waals surface area contributed by atoms with Crippen molar-refractivity contribution in [3.05, 3.63) is 52.1 Å². The molecule has 1 aromatic carbocycles. The molecule has 2 rings (SSSR count). The van der Waals surface area contributed by atoms with Crippen molar-refractivity contribution in [1.82, 2.24) is 0 Å². The zero-order valence-corrected chi connectivity index (χ0v) is 11.8. The predicted molar refractivity (Wildman–Crippen MR) is 76.6 cm³/mol. The van der Waals surface area contributed by atoms with Gasteiger partial charge in [0.2, 0.25) is 0 Å². The number of carbonyl (C=O) groups is 1. The van der Waals surface area contributed by atoms with Gasteiger partial charge >= 0.3 is 0 Å². The van der Waals surface area contributed by atoms with E-state index in [-0.39, 0.29) is 20.9 Å². The molecule has 3 N–H and O–H groups in total. The highest BCUT2D eigenvalue weighted by atomic mass is 79.9. The average molecular weight is 343 g/mol. The normalized spacial score (nSPS) is 10.2. The van der Waals surface area contributed by atoms with Crippen LogP contribution in [0.3, 0.4) is 0 Å². The van der Waals surface area contributed by atoms with E-state index in [1.807, 2.05) is 0 Å². The van der Waals surface area contributed by atoms with Crippen LogP contribution in [0.4, 0.5) is 10.1 Å². The van der Waals surface area contributed by atoms with Crippen LogP contribution >= 0.6 is 28.1 Å². The molecule has 0 fully saturated rings. The third-order valence-corrected chi connectivity index (χ3v) is 3.21. The smallest absolute Gasteiger partial charge is 0.260 e. The van der Waals surface area contributed by atoms with Crippen LogP contribution in [-0.2, 0) is 0 Å². The molecule has 98 valence electrons. The number of carbonyl (C=O) groups excluding carboxylic acids is 1. The summed E-state index contributed by atoms with van der Waals surface area (Å²) < 4.78 is 19.0. The largest absolute Gasteiger partial charge is 0.457 e. The highest BCUT2D eigenvalue weighted by molar-refractivity contribution is 9.10. The van der Waals surface area contributed by atoms with Crippen molar-refractivity contribution in [2.75, 3.05) is 5.32 Å². The Morgan fingerprint density at radius 3 is 2.68 bits per heavy atom. The van der Waals surface area contributed by atoms with Gasteiger partial charge in [0, 0.05) is 5.56 Å². The molecule has 2 aromatic rings. The molecule has 7 heteroatoms. The lowest BCUT2D eigenvalue weighted by Gasteiger charge is -2.07. The van der Waals surface area contributed by atoms with E-state index in [2.05, 4.69) is 21.2 Å². The number of rotatable bonds is 3. The van der Waals surface area contributed by atoms with E-state index in [0.717, 1.165) is 0 Å². The summed E-state index contributed by atoms with van der Waals surface area (Å²) in [5.41, 5.74) is 6.10. The number of benzene rings is 1. The van der Waals surface area contributed by atoms with Crippen LogP contribution in [-0.4, -0.2) is 10.9 Å². The van der Waals surface area contributed by atoms with Gasteiger partial charge in [-0.3, -0.25) is 4.79 Å². The fraction of sp³-hybridized carbons (Fsp3) is 0. The van der Waals surface area contributed by atoms with Gasteiger partial charge in [-0.15, -0.1) is 0 Å². The summed E-state index contributed by atoms with van der Waals surface area (Å²) in [5, 5.41) is 2.43. The van der Waals surface area contributed by atoms with Gasteiger partial charge in [0.25, 0.3) is 5.91 Å². The Bertz CT molecular complexity index is 657. The van der Waals surface area contributed by atoms with E-state index < -0.39 is 11.7 Å². The minimum absolute atomic E-state index is 0.0399. The third-order valence-electron chi connectivity index (χ3n) is 2.36. The Balaban J connectivity index is 2.23. The van der Waals surface area contributed by atoms with Crippen molar-refractivity contribution in [1.29, 1.82) is 0 Å². The number of halogens is 2. The molecular formula is C12H8BrFN2O2S. The van der Waals surface area contributed by atoms with E-state index in [9.17, 15) is 9.18 Å². The summed E-state index contributed by atoms with van der Waals surface area (Å²) >= 11 is 7.81. The maximum absolute atomic E-state index is 13.7. The molecule has 1 aromatic heterocycles. The monoisotopic (exact) mass is 342 g/mol. The van der Waals surface area contributed by atoms with Crippen LogP contribution in [0, 0.1) is 5.82 Å². The van der Waals surface area contributed by atoms with Crippen LogP contribution in [0.5, 0.6) is 0 Å². The summed E-state index contributed by atoms with van der Waals surface area (Å²) in [6.07, 6.45) is 1.35. The molecule has 0 aliphatic heterocycles. The first-order chi connectivity index (χ1) is 8.99.